The van der Waals surface area contributed by atoms with Gasteiger partial charge in [0, 0.05) is 20.1 Å². The number of hydrogen-bond acceptors (Lipinski definition) is 5. The van der Waals surface area contributed by atoms with Crippen LogP contribution in [0.4, 0.5) is 5.82 Å². The van der Waals surface area contributed by atoms with Gasteiger partial charge in [-0.2, -0.15) is 0 Å². The van der Waals surface area contributed by atoms with E-state index in [0.29, 0.717) is 32.2 Å². The maximum Gasteiger partial charge on any atom is 0.144 e. The summed E-state index contributed by atoms with van der Waals surface area (Å²) in [5.41, 5.74) is 1.04. The molecule has 6 heteroatoms. The summed E-state index contributed by atoms with van der Waals surface area (Å²) in [4.78, 5) is 9.24. The number of rotatable bonds is 10. The van der Waals surface area contributed by atoms with Gasteiger partial charge in [0.2, 0.25) is 0 Å². The van der Waals surface area contributed by atoms with E-state index in [0.717, 1.165) is 34.8 Å². The molecule has 21 heavy (non-hydrogen) atoms. The first kappa shape index (κ1) is 18.3. The van der Waals surface area contributed by atoms with Crippen LogP contribution in [0, 0.1) is 0 Å². The van der Waals surface area contributed by atoms with E-state index in [2.05, 4.69) is 52.0 Å². The Balaban J connectivity index is 2.75. The summed E-state index contributed by atoms with van der Waals surface area (Å²) in [6.45, 7) is 9.13. The van der Waals surface area contributed by atoms with Gasteiger partial charge in [0.05, 0.1) is 30.0 Å². The number of hydrogen-bond donors (Lipinski definition) is 1. The Morgan fingerprint density at radius 2 is 1.95 bits per heavy atom. The quantitative estimate of drug-likeness (QED) is 0.648. The van der Waals surface area contributed by atoms with Gasteiger partial charge < -0.3 is 14.8 Å². The van der Waals surface area contributed by atoms with Crippen molar-refractivity contribution in [1.29, 1.82) is 0 Å². The van der Waals surface area contributed by atoms with Crippen molar-refractivity contribution in [3.8, 4) is 0 Å². The number of aromatic nitrogens is 2. The second-order valence-corrected chi connectivity index (χ2v) is 5.92. The monoisotopic (exact) mass is 359 g/mol. The number of ether oxygens (including phenoxy) is 2. The number of nitrogens with zero attached hydrogens (tertiary/aromatic N) is 2. The first-order valence-electron chi connectivity index (χ1n) is 7.47. The van der Waals surface area contributed by atoms with Gasteiger partial charge in [-0.05, 0) is 28.3 Å². The molecule has 0 amide bonds. The van der Waals surface area contributed by atoms with Gasteiger partial charge >= 0.3 is 0 Å². The predicted molar refractivity (Wildman–Crippen MR) is 89.0 cm³/mol. The zero-order chi connectivity index (χ0) is 15.7. The molecule has 0 saturated heterocycles. The molecule has 0 aliphatic carbocycles. The van der Waals surface area contributed by atoms with Gasteiger partial charge in [0.1, 0.15) is 11.6 Å². The second kappa shape index (κ2) is 10.1. The average Bonchev–Trinajstić information content (AvgIpc) is 2.46. The Kier molecular flexibility index (Phi) is 8.80. The smallest absolute Gasteiger partial charge is 0.144 e. The molecular formula is C15H26BrN3O2. The van der Waals surface area contributed by atoms with E-state index in [1.807, 2.05) is 0 Å². The number of methoxy groups -OCH3 is 1. The first-order chi connectivity index (χ1) is 10.1. The fourth-order valence-corrected chi connectivity index (χ4v) is 2.55. The maximum atomic E-state index is 5.49. The van der Waals surface area contributed by atoms with Crippen LogP contribution in [0.3, 0.4) is 0 Å². The third-order valence-corrected chi connectivity index (χ3v) is 3.70. The molecule has 0 saturated carbocycles. The van der Waals surface area contributed by atoms with Crippen LogP contribution in [0.25, 0.3) is 0 Å². The highest BCUT2D eigenvalue weighted by molar-refractivity contribution is 9.10. The van der Waals surface area contributed by atoms with E-state index in [1.165, 1.54) is 0 Å². The van der Waals surface area contributed by atoms with Crippen LogP contribution < -0.4 is 5.32 Å². The Labute approximate surface area is 136 Å². The van der Waals surface area contributed by atoms with E-state index < -0.39 is 0 Å². The molecule has 0 aromatic carbocycles. The van der Waals surface area contributed by atoms with Gasteiger partial charge in [-0.1, -0.05) is 20.8 Å². The lowest BCUT2D eigenvalue weighted by Gasteiger charge is -2.14. The third-order valence-electron chi connectivity index (χ3n) is 2.91. The van der Waals surface area contributed by atoms with Crippen molar-refractivity contribution in [2.75, 3.05) is 38.8 Å². The summed E-state index contributed by atoms with van der Waals surface area (Å²) in [5, 5.41) is 3.35. The Morgan fingerprint density at radius 1 is 1.19 bits per heavy atom. The molecule has 0 unspecified atom stereocenters. The normalized spacial score (nSPS) is 11.1. The number of halogens is 1. The molecule has 0 atom stereocenters. The molecule has 0 spiro atoms. The maximum absolute atomic E-state index is 5.49. The fraction of sp³-hybridized carbons (Fsp3) is 0.733. The summed E-state index contributed by atoms with van der Waals surface area (Å²) in [5.74, 6) is 2.04. The molecule has 1 N–H and O–H groups in total. The van der Waals surface area contributed by atoms with Crippen LogP contribution >= 0.6 is 15.9 Å². The lowest BCUT2D eigenvalue weighted by molar-refractivity contribution is 0.0716. The summed E-state index contributed by atoms with van der Waals surface area (Å²) < 4.78 is 11.4. The van der Waals surface area contributed by atoms with Crippen molar-refractivity contribution < 1.29 is 9.47 Å². The van der Waals surface area contributed by atoms with Crippen molar-refractivity contribution in [1.82, 2.24) is 9.97 Å². The topological polar surface area (TPSA) is 56.3 Å². The average molecular weight is 360 g/mol. The minimum atomic E-state index is 0.345. The minimum Gasteiger partial charge on any atom is -0.382 e. The molecule has 0 aliphatic rings. The van der Waals surface area contributed by atoms with E-state index in [4.69, 9.17) is 9.47 Å². The molecule has 1 rings (SSSR count). The van der Waals surface area contributed by atoms with Crippen molar-refractivity contribution in [3.63, 3.8) is 0 Å². The van der Waals surface area contributed by atoms with Crippen LogP contribution in [0.5, 0.6) is 0 Å². The highest BCUT2D eigenvalue weighted by Gasteiger charge is 2.14. The molecule has 0 fully saturated rings. The molecule has 1 aromatic rings. The Hall–Kier alpha value is -0.720. The van der Waals surface area contributed by atoms with Gasteiger partial charge in [-0.3, -0.25) is 0 Å². The summed E-state index contributed by atoms with van der Waals surface area (Å²) in [7, 11) is 1.67. The molecule has 5 nitrogen and oxygen atoms in total. The first-order valence-corrected chi connectivity index (χ1v) is 8.26. The van der Waals surface area contributed by atoms with E-state index in [1.54, 1.807) is 7.11 Å². The summed E-state index contributed by atoms with van der Waals surface area (Å²) >= 11 is 3.61. The highest BCUT2D eigenvalue weighted by Crippen LogP contribution is 2.28. The van der Waals surface area contributed by atoms with Crippen LogP contribution in [0.15, 0.2) is 4.47 Å². The predicted octanol–water partition coefficient (Wildman–Crippen LogP) is 3.39. The zero-order valence-corrected chi connectivity index (χ0v) is 15.0. The number of anilines is 1. The van der Waals surface area contributed by atoms with Crippen LogP contribution in [0.2, 0.25) is 0 Å². The van der Waals surface area contributed by atoms with E-state index in [-0.39, 0.29) is 0 Å². The number of nitrogens with one attached hydrogen (secondary N) is 1. The van der Waals surface area contributed by atoms with Crippen molar-refractivity contribution in [2.45, 2.75) is 39.5 Å². The summed E-state index contributed by atoms with van der Waals surface area (Å²) in [6.07, 6.45) is 1.76. The minimum absolute atomic E-state index is 0.345. The molecule has 1 aromatic heterocycles. The molecular weight excluding hydrogens is 334 g/mol. The molecule has 0 bridgehead atoms. The van der Waals surface area contributed by atoms with Crippen LogP contribution in [0.1, 0.15) is 44.6 Å². The fourth-order valence-electron chi connectivity index (χ4n) is 1.78. The SMILES string of the molecule is CCCNc1nc(CCOCCOC)nc(C(C)C)c1Br. The second-order valence-electron chi connectivity index (χ2n) is 5.12. The molecule has 120 valence electrons. The lowest BCUT2D eigenvalue weighted by atomic mass is 10.1. The van der Waals surface area contributed by atoms with Crippen LogP contribution in [-0.4, -0.2) is 43.4 Å². The Bertz CT molecular complexity index is 428. The summed E-state index contributed by atoms with van der Waals surface area (Å²) in [6, 6.07) is 0. The van der Waals surface area contributed by atoms with Crippen LogP contribution in [-0.2, 0) is 15.9 Å². The van der Waals surface area contributed by atoms with Gasteiger partial charge in [-0.15, -0.1) is 0 Å². The standard InChI is InChI=1S/C15H26BrN3O2/c1-5-7-17-15-13(16)14(11(2)3)18-12(19-15)6-8-21-10-9-20-4/h11H,5-10H2,1-4H3,(H,17,18,19). The van der Waals surface area contributed by atoms with E-state index in [9.17, 15) is 0 Å². The van der Waals surface area contributed by atoms with Crippen molar-refractivity contribution in [3.05, 3.63) is 16.0 Å². The molecule has 0 radical (unpaired) electrons. The van der Waals surface area contributed by atoms with E-state index >= 15 is 0 Å². The van der Waals surface area contributed by atoms with Crippen molar-refractivity contribution in [2.24, 2.45) is 0 Å². The highest BCUT2D eigenvalue weighted by atomic mass is 79.9. The molecule has 0 aliphatic heterocycles. The third kappa shape index (κ3) is 6.28. The largest absolute Gasteiger partial charge is 0.382 e. The zero-order valence-electron chi connectivity index (χ0n) is 13.4. The van der Waals surface area contributed by atoms with Gasteiger partial charge in [-0.25, -0.2) is 9.97 Å². The van der Waals surface area contributed by atoms with Gasteiger partial charge in [0.15, 0.2) is 0 Å². The molecule has 1 heterocycles. The van der Waals surface area contributed by atoms with Crippen molar-refractivity contribution >= 4 is 21.7 Å². The van der Waals surface area contributed by atoms with Gasteiger partial charge in [0.25, 0.3) is 0 Å². The Morgan fingerprint density at radius 3 is 2.57 bits per heavy atom. The lowest BCUT2D eigenvalue weighted by Crippen LogP contribution is -2.12.